The van der Waals surface area contributed by atoms with Gasteiger partial charge < -0.3 is 9.84 Å². The molecule has 1 atom stereocenters. The van der Waals surface area contributed by atoms with Crippen molar-refractivity contribution in [1.29, 1.82) is 0 Å². The second-order valence-electron chi connectivity index (χ2n) is 6.01. The van der Waals surface area contributed by atoms with Crippen LogP contribution in [0.2, 0.25) is 5.02 Å². The van der Waals surface area contributed by atoms with E-state index in [1.54, 1.807) is 7.11 Å². The van der Waals surface area contributed by atoms with Crippen molar-refractivity contribution >= 4 is 11.6 Å². The number of halogens is 1. The van der Waals surface area contributed by atoms with Crippen molar-refractivity contribution in [3.63, 3.8) is 0 Å². The molecule has 0 bridgehead atoms. The molecule has 3 heteroatoms. The minimum Gasteiger partial charge on any atom is -0.496 e. The topological polar surface area (TPSA) is 29.5 Å². The van der Waals surface area contributed by atoms with Crippen LogP contribution in [-0.4, -0.2) is 18.8 Å². The summed E-state index contributed by atoms with van der Waals surface area (Å²) in [6.45, 7) is 8.48. The van der Waals surface area contributed by atoms with Crippen LogP contribution in [0.15, 0.2) is 6.07 Å². The number of aryl methyl sites for hydroxylation is 1. The second-order valence-corrected chi connectivity index (χ2v) is 6.39. The standard InChI is InChI=1S/C15H21ClO2/c1-9-6-11(18-5)12(10(2)13(9)16)15(8-17)7-14(15,3)4/h6,17H,7-8H2,1-5H3. The summed E-state index contributed by atoms with van der Waals surface area (Å²) in [7, 11) is 1.67. The zero-order chi connectivity index (χ0) is 13.7. The molecular weight excluding hydrogens is 248 g/mol. The first-order chi connectivity index (χ1) is 8.30. The molecule has 0 radical (unpaired) electrons. The Kier molecular flexibility index (Phi) is 3.15. The number of benzene rings is 1. The van der Waals surface area contributed by atoms with Gasteiger partial charge in [-0.2, -0.15) is 0 Å². The minimum atomic E-state index is -0.209. The molecule has 1 N–H and O–H groups in total. The van der Waals surface area contributed by atoms with Gasteiger partial charge in [0, 0.05) is 16.0 Å². The number of methoxy groups -OCH3 is 1. The third-order valence-corrected chi connectivity index (χ3v) is 5.11. The van der Waals surface area contributed by atoms with Crippen molar-refractivity contribution in [2.24, 2.45) is 5.41 Å². The Morgan fingerprint density at radius 3 is 2.33 bits per heavy atom. The highest BCUT2D eigenvalue weighted by Gasteiger charge is 2.63. The first-order valence-corrected chi connectivity index (χ1v) is 6.63. The molecule has 1 aromatic carbocycles. The lowest BCUT2D eigenvalue weighted by atomic mass is 9.84. The fourth-order valence-electron chi connectivity index (χ4n) is 3.16. The van der Waals surface area contributed by atoms with Gasteiger partial charge in [0.1, 0.15) is 5.75 Å². The Morgan fingerprint density at radius 1 is 1.39 bits per heavy atom. The smallest absolute Gasteiger partial charge is 0.123 e. The molecule has 0 aliphatic heterocycles. The van der Waals surface area contributed by atoms with E-state index in [9.17, 15) is 5.11 Å². The summed E-state index contributed by atoms with van der Waals surface area (Å²) in [5.74, 6) is 0.842. The van der Waals surface area contributed by atoms with Gasteiger partial charge in [-0.3, -0.25) is 0 Å². The van der Waals surface area contributed by atoms with Crippen LogP contribution >= 0.6 is 11.6 Å². The van der Waals surface area contributed by atoms with Gasteiger partial charge in [-0.15, -0.1) is 0 Å². The third-order valence-electron chi connectivity index (χ3n) is 4.53. The fraction of sp³-hybridized carbons (Fsp3) is 0.600. The number of hydrogen-bond donors (Lipinski definition) is 1. The molecule has 2 rings (SSSR count). The summed E-state index contributed by atoms with van der Waals surface area (Å²) in [5, 5.41) is 10.6. The molecular formula is C15H21ClO2. The highest BCUT2D eigenvalue weighted by molar-refractivity contribution is 6.32. The highest BCUT2D eigenvalue weighted by atomic mass is 35.5. The van der Waals surface area contributed by atoms with Crippen molar-refractivity contribution in [3.8, 4) is 5.75 Å². The Hall–Kier alpha value is -0.730. The van der Waals surface area contributed by atoms with Crippen LogP contribution in [0.4, 0.5) is 0 Å². The van der Waals surface area contributed by atoms with E-state index in [-0.39, 0.29) is 17.4 Å². The van der Waals surface area contributed by atoms with Crippen molar-refractivity contribution in [2.75, 3.05) is 13.7 Å². The van der Waals surface area contributed by atoms with Gasteiger partial charge in [0.05, 0.1) is 13.7 Å². The number of hydrogen-bond acceptors (Lipinski definition) is 2. The predicted octanol–water partition coefficient (Wildman–Crippen LogP) is 3.63. The van der Waals surface area contributed by atoms with E-state index >= 15 is 0 Å². The van der Waals surface area contributed by atoms with E-state index in [0.717, 1.165) is 33.9 Å². The third kappa shape index (κ3) is 1.66. The normalized spacial score (nSPS) is 25.1. The molecule has 0 amide bonds. The van der Waals surface area contributed by atoms with E-state index in [1.807, 2.05) is 19.9 Å². The number of aliphatic hydroxyl groups excluding tert-OH is 1. The van der Waals surface area contributed by atoms with E-state index in [0.29, 0.717) is 0 Å². The zero-order valence-electron chi connectivity index (χ0n) is 11.7. The van der Waals surface area contributed by atoms with Crippen LogP contribution in [0.1, 0.15) is 37.0 Å². The van der Waals surface area contributed by atoms with Crippen LogP contribution < -0.4 is 4.74 Å². The maximum absolute atomic E-state index is 9.85. The average molecular weight is 269 g/mol. The van der Waals surface area contributed by atoms with Gasteiger partial charge in [0.25, 0.3) is 0 Å². The summed E-state index contributed by atoms with van der Waals surface area (Å²) in [4.78, 5) is 0. The van der Waals surface area contributed by atoms with Gasteiger partial charge in [-0.25, -0.2) is 0 Å². The lowest BCUT2D eigenvalue weighted by molar-refractivity contribution is 0.227. The van der Waals surface area contributed by atoms with Crippen molar-refractivity contribution < 1.29 is 9.84 Å². The van der Waals surface area contributed by atoms with Gasteiger partial charge in [0.2, 0.25) is 0 Å². The predicted molar refractivity (Wildman–Crippen MR) is 74.6 cm³/mol. The summed E-state index contributed by atoms with van der Waals surface area (Å²) in [5.41, 5.74) is 3.01. The van der Waals surface area contributed by atoms with Gasteiger partial charge >= 0.3 is 0 Å². The van der Waals surface area contributed by atoms with Gasteiger partial charge in [0.15, 0.2) is 0 Å². The van der Waals surface area contributed by atoms with Crippen molar-refractivity contribution in [2.45, 2.75) is 39.5 Å². The molecule has 0 heterocycles. The monoisotopic (exact) mass is 268 g/mol. The summed E-state index contributed by atoms with van der Waals surface area (Å²) in [6, 6.07) is 1.97. The summed E-state index contributed by atoms with van der Waals surface area (Å²) >= 11 is 6.36. The lowest BCUT2D eigenvalue weighted by Gasteiger charge is -2.25. The quantitative estimate of drug-likeness (QED) is 0.907. The van der Waals surface area contributed by atoms with E-state index in [1.165, 1.54) is 0 Å². The Labute approximate surface area is 114 Å². The Bertz CT molecular complexity index is 494. The molecule has 0 spiro atoms. The number of rotatable bonds is 3. The summed E-state index contributed by atoms with van der Waals surface area (Å²) in [6.07, 6.45) is 0.965. The molecule has 1 fully saturated rings. The van der Waals surface area contributed by atoms with E-state index in [4.69, 9.17) is 16.3 Å². The molecule has 0 saturated heterocycles. The zero-order valence-corrected chi connectivity index (χ0v) is 12.5. The van der Waals surface area contributed by atoms with E-state index < -0.39 is 0 Å². The molecule has 0 aromatic heterocycles. The SMILES string of the molecule is COc1cc(C)c(Cl)c(C)c1C1(CO)CC1(C)C. The maximum atomic E-state index is 9.85. The first-order valence-electron chi connectivity index (χ1n) is 6.26. The van der Waals surface area contributed by atoms with Crippen molar-refractivity contribution in [1.82, 2.24) is 0 Å². The van der Waals surface area contributed by atoms with Crippen LogP contribution in [0.5, 0.6) is 5.75 Å². The average Bonchev–Trinajstić information content (AvgIpc) is 2.88. The molecule has 2 nitrogen and oxygen atoms in total. The van der Waals surface area contributed by atoms with Crippen molar-refractivity contribution in [3.05, 3.63) is 27.8 Å². The largest absolute Gasteiger partial charge is 0.496 e. The first kappa shape index (κ1) is 13.7. The molecule has 1 unspecified atom stereocenters. The summed E-state index contributed by atoms with van der Waals surface area (Å²) < 4.78 is 5.51. The van der Waals surface area contributed by atoms with Gasteiger partial charge in [-0.1, -0.05) is 25.4 Å². The Morgan fingerprint density at radius 2 is 1.94 bits per heavy atom. The fourth-order valence-corrected chi connectivity index (χ4v) is 3.31. The van der Waals surface area contributed by atoms with Gasteiger partial charge in [-0.05, 0) is 42.9 Å². The van der Waals surface area contributed by atoms with Crippen LogP contribution in [0, 0.1) is 19.3 Å². The van der Waals surface area contributed by atoms with Crippen LogP contribution in [-0.2, 0) is 5.41 Å². The maximum Gasteiger partial charge on any atom is 0.123 e. The molecule has 1 aliphatic rings. The molecule has 1 aliphatic carbocycles. The van der Waals surface area contributed by atoms with Crippen LogP contribution in [0.3, 0.4) is 0 Å². The molecule has 18 heavy (non-hydrogen) atoms. The van der Waals surface area contributed by atoms with E-state index in [2.05, 4.69) is 13.8 Å². The number of ether oxygens (including phenoxy) is 1. The molecule has 1 saturated carbocycles. The molecule has 1 aromatic rings. The minimum absolute atomic E-state index is 0.0956. The number of aliphatic hydroxyl groups is 1. The second kappa shape index (κ2) is 4.14. The molecule has 100 valence electrons. The highest BCUT2D eigenvalue weighted by Crippen LogP contribution is 2.66. The lowest BCUT2D eigenvalue weighted by Crippen LogP contribution is -2.22. The van der Waals surface area contributed by atoms with Crippen LogP contribution in [0.25, 0.3) is 0 Å². The Balaban J connectivity index is 2.68.